The summed E-state index contributed by atoms with van der Waals surface area (Å²) in [6.07, 6.45) is 3.43. The summed E-state index contributed by atoms with van der Waals surface area (Å²) in [5.74, 6) is 1.39. The highest BCUT2D eigenvalue weighted by Gasteiger charge is 2.09. The maximum absolute atomic E-state index is 5.75. The van der Waals surface area contributed by atoms with Gasteiger partial charge in [0.05, 0.1) is 0 Å². The van der Waals surface area contributed by atoms with Gasteiger partial charge in [-0.3, -0.25) is 0 Å². The highest BCUT2D eigenvalue weighted by Crippen LogP contribution is 2.13. The van der Waals surface area contributed by atoms with Crippen molar-refractivity contribution >= 4 is 0 Å². The van der Waals surface area contributed by atoms with Crippen LogP contribution < -0.4 is 5.32 Å². The third-order valence-corrected chi connectivity index (χ3v) is 3.65. The van der Waals surface area contributed by atoms with Gasteiger partial charge in [0.1, 0.15) is 0 Å². The van der Waals surface area contributed by atoms with Crippen LogP contribution >= 0.6 is 0 Å². The van der Waals surface area contributed by atoms with Gasteiger partial charge in [-0.15, -0.1) is 0 Å². The van der Waals surface area contributed by atoms with E-state index in [0.717, 1.165) is 44.9 Å². The van der Waals surface area contributed by atoms with E-state index in [9.17, 15) is 0 Å². The molecular weight excluding hydrogens is 246 g/mol. The van der Waals surface area contributed by atoms with Crippen molar-refractivity contribution in [2.24, 2.45) is 11.8 Å². The van der Waals surface area contributed by atoms with Gasteiger partial charge in [-0.05, 0) is 57.2 Å². The highest BCUT2D eigenvalue weighted by molar-refractivity contribution is 5.21. The quantitative estimate of drug-likeness (QED) is 0.656. The molecule has 1 atom stereocenters. The minimum atomic E-state index is 0.654. The molecule has 2 nitrogen and oxygen atoms in total. The molecule has 0 saturated heterocycles. The second kappa shape index (κ2) is 9.95. The van der Waals surface area contributed by atoms with Crippen molar-refractivity contribution in [1.82, 2.24) is 5.32 Å². The van der Waals surface area contributed by atoms with Gasteiger partial charge in [0, 0.05) is 13.2 Å². The Morgan fingerprint density at radius 2 is 1.70 bits per heavy atom. The van der Waals surface area contributed by atoms with Crippen LogP contribution in [-0.2, 0) is 11.2 Å². The van der Waals surface area contributed by atoms with E-state index in [2.05, 4.69) is 50.4 Å². The number of rotatable bonds is 10. The molecule has 1 aromatic rings. The first-order valence-corrected chi connectivity index (χ1v) is 7.89. The van der Waals surface area contributed by atoms with Crippen LogP contribution in [0.25, 0.3) is 0 Å². The summed E-state index contributed by atoms with van der Waals surface area (Å²) in [5.41, 5.74) is 2.76. The average Bonchev–Trinajstić information content (AvgIpc) is 2.40. The molecule has 1 N–H and O–H groups in total. The van der Waals surface area contributed by atoms with E-state index >= 15 is 0 Å². The molecule has 1 rings (SSSR count). The van der Waals surface area contributed by atoms with Gasteiger partial charge in [-0.25, -0.2) is 0 Å². The summed E-state index contributed by atoms with van der Waals surface area (Å²) in [5, 5.41) is 3.30. The summed E-state index contributed by atoms with van der Waals surface area (Å²) in [4.78, 5) is 0. The van der Waals surface area contributed by atoms with Crippen molar-refractivity contribution in [1.29, 1.82) is 0 Å². The van der Waals surface area contributed by atoms with E-state index in [0.29, 0.717) is 5.92 Å². The molecule has 20 heavy (non-hydrogen) atoms. The van der Waals surface area contributed by atoms with Crippen molar-refractivity contribution in [3.05, 3.63) is 35.4 Å². The fraction of sp³-hybridized carbons (Fsp3) is 0.667. The van der Waals surface area contributed by atoms with Crippen LogP contribution in [0.4, 0.5) is 0 Å². The molecule has 2 heteroatoms. The van der Waals surface area contributed by atoms with Gasteiger partial charge < -0.3 is 10.1 Å². The Bertz CT molecular complexity index is 345. The lowest BCUT2D eigenvalue weighted by Gasteiger charge is -2.17. The maximum atomic E-state index is 5.75. The van der Waals surface area contributed by atoms with Gasteiger partial charge >= 0.3 is 0 Å². The van der Waals surface area contributed by atoms with Gasteiger partial charge in [0.25, 0.3) is 0 Å². The number of hydrogen-bond acceptors (Lipinski definition) is 2. The summed E-state index contributed by atoms with van der Waals surface area (Å²) in [6, 6.07) is 8.89. The molecule has 0 aliphatic carbocycles. The molecule has 0 heterocycles. The van der Waals surface area contributed by atoms with Crippen LogP contribution in [0.3, 0.4) is 0 Å². The van der Waals surface area contributed by atoms with Crippen molar-refractivity contribution in [3.63, 3.8) is 0 Å². The smallest absolute Gasteiger partial charge is 0.0469 e. The minimum absolute atomic E-state index is 0.654. The van der Waals surface area contributed by atoms with E-state index < -0.39 is 0 Å². The van der Waals surface area contributed by atoms with E-state index in [4.69, 9.17) is 4.74 Å². The predicted octanol–water partition coefficient (Wildman–Crippen LogP) is 3.83. The number of hydrogen-bond donors (Lipinski definition) is 1. The van der Waals surface area contributed by atoms with Crippen molar-refractivity contribution < 1.29 is 4.74 Å². The molecule has 0 saturated carbocycles. The predicted molar refractivity (Wildman–Crippen MR) is 87.2 cm³/mol. The molecular formula is C18H31NO. The lowest BCUT2D eigenvalue weighted by Crippen LogP contribution is -2.22. The third-order valence-electron chi connectivity index (χ3n) is 3.65. The Kier molecular flexibility index (Phi) is 8.56. The SMILES string of the molecule is CNCC(CCOCCC(C)C)Cc1ccc(C)cc1. The Morgan fingerprint density at radius 1 is 1.05 bits per heavy atom. The molecule has 0 radical (unpaired) electrons. The maximum Gasteiger partial charge on any atom is 0.0469 e. The molecule has 0 aromatic heterocycles. The topological polar surface area (TPSA) is 21.3 Å². The molecule has 0 amide bonds. The van der Waals surface area contributed by atoms with Gasteiger partial charge in [0.2, 0.25) is 0 Å². The second-order valence-electron chi connectivity index (χ2n) is 6.20. The van der Waals surface area contributed by atoms with E-state index in [-0.39, 0.29) is 0 Å². The molecule has 1 aromatic carbocycles. The van der Waals surface area contributed by atoms with Crippen LogP contribution in [-0.4, -0.2) is 26.8 Å². The lowest BCUT2D eigenvalue weighted by atomic mass is 9.96. The van der Waals surface area contributed by atoms with Crippen LogP contribution in [0.15, 0.2) is 24.3 Å². The summed E-state index contributed by atoms with van der Waals surface area (Å²) < 4.78 is 5.75. The molecule has 1 unspecified atom stereocenters. The zero-order chi connectivity index (χ0) is 14.8. The largest absolute Gasteiger partial charge is 0.381 e. The van der Waals surface area contributed by atoms with Gasteiger partial charge in [-0.2, -0.15) is 0 Å². The molecule has 0 bridgehead atoms. The summed E-state index contributed by atoms with van der Waals surface area (Å²) >= 11 is 0. The third kappa shape index (κ3) is 7.66. The fourth-order valence-corrected chi connectivity index (χ4v) is 2.29. The minimum Gasteiger partial charge on any atom is -0.381 e. The lowest BCUT2D eigenvalue weighted by molar-refractivity contribution is 0.110. The zero-order valence-corrected chi connectivity index (χ0v) is 13.6. The van der Waals surface area contributed by atoms with Crippen LogP contribution in [0, 0.1) is 18.8 Å². The normalized spacial score (nSPS) is 12.8. The molecule has 0 aliphatic heterocycles. The van der Waals surface area contributed by atoms with Crippen LogP contribution in [0.2, 0.25) is 0 Å². The van der Waals surface area contributed by atoms with Gasteiger partial charge in [0.15, 0.2) is 0 Å². The summed E-state index contributed by atoms with van der Waals surface area (Å²) in [6.45, 7) is 9.45. The van der Waals surface area contributed by atoms with Crippen LogP contribution in [0.5, 0.6) is 0 Å². The first kappa shape index (κ1) is 17.2. The van der Waals surface area contributed by atoms with E-state index in [1.807, 2.05) is 7.05 Å². The van der Waals surface area contributed by atoms with Gasteiger partial charge in [-0.1, -0.05) is 43.7 Å². The Hall–Kier alpha value is -0.860. The van der Waals surface area contributed by atoms with E-state index in [1.54, 1.807) is 0 Å². The monoisotopic (exact) mass is 277 g/mol. The van der Waals surface area contributed by atoms with Crippen molar-refractivity contribution in [2.45, 2.75) is 40.0 Å². The Labute approximate surface area is 124 Å². The van der Waals surface area contributed by atoms with E-state index in [1.165, 1.54) is 11.1 Å². The van der Waals surface area contributed by atoms with Crippen LogP contribution in [0.1, 0.15) is 37.8 Å². The van der Waals surface area contributed by atoms with Crippen molar-refractivity contribution in [3.8, 4) is 0 Å². The molecule has 0 fully saturated rings. The fourth-order valence-electron chi connectivity index (χ4n) is 2.29. The first-order valence-electron chi connectivity index (χ1n) is 7.89. The highest BCUT2D eigenvalue weighted by atomic mass is 16.5. The molecule has 0 spiro atoms. The summed E-state index contributed by atoms with van der Waals surface area (Å²) in [7, 11) is 2.03. The zero-order valence-electron chi connectivity index (χ0n) is 13.6. The second-order valence-corrected chi connectivity index (χ2v) is 6.20. The first-order chi connectivity index (χ1) is 9.61. The number of ether oxygens (including phenoxy) is 1. The standard InChI is InChI=1S/C18H31NO/c1-15(2)9-11-20-12-10-18(14-19-4)13-17-7-5-16(3)6-8-17/h5-8,15,18-19H,9-14H2,1-4H3. The molecule has 0 aliphatic rings. The number of aryl methyl sites for hydroxylation is 1. The van der Waals surface area contributed by atoms with Crippen molar-refractivity contribution in [2.75, 3.05) is 26.8 Å². The average molecular weight is 277 g/mol. The number of nitrogens with one attached hydrogen (secondary N) is 1. The number of benzene rings is 1. The Balaban J connectivity index is 2.30. The Morgan fingerprint density at radius 3 is 2.30 bits per heavy atom. The molecule has 114 valence electrons.